The van der Waals surface area contributed by atoms with E-state index in [0.29, 0.717) is 5.92 Å². The number of piperazine rings is 1. The molecule has 2 N–H and O–H groups in total. The Morgan fingerprint density at radius 2 is 1.91 bits per heavy atom. The smallest absolute Gasteiger partial charge is 0.158 e. The quantitative estimate of drug-likeness (QED) is 0.404. The van der Waals surface area contributed by atoms with Crippen LogP contribution in [0, 0.1) is 6.92 Å². The number of nitrogens with zero attached hydrogens (tertiary/aromatic N) is 5. The first-order chi connectivity index (χ1) is 16.1. The van der Waals surface area contributed by atoms with Crippen LogP contribution < -0.4 is 10.2 Å². The Balaban J connectivity index is 1.39. The zero-order chi connectivity index (χ0) is 22.5. The maximum atomic E-state index is 4.77. The second-order valence-corrected chi connectivity index (χ2v) is 10.1. The molecule has 0 aromatic carbocycles. The Hall–Kier alpha value is -3.23. The van der Waals surface area contributed by atoms with Crippen molar-refractivity contribution in [1.29, 1.82) is 0 Å². The summed E-state index contributed by atoms with van der Waals surface area (Å²) in [6.45, 7) is 10.7. The normalized spacial score (nSPS) is 14.7. The number of aryl methyl sites for hydroxylation is 1. The van der Waals surface area contributed by atoms with Gasteiger partial charge in [-0.3, -0.25) is 0 Å². The second kappa shape index (κ2) is 7.97. The first-order valence-electron chi connectivity index (χ1n) is 11.5. The molecule has 33 heavy (non-hydrogen) atoms. The second-order valence-electron chi connectivity index (χ2n) is 9.00. The Kier molecular flexibility index (Phi) is 4.92. The largest absolute Gasteiger partial charge is 0.354 e. The van der Waals surface area contributed by atoms with E-state index in [1.54, 1.807) is 6.33 Å². The number of hydrogen-bond acceptors (Lipinski definition) is 6. The molecule has 5 aromatic heterocycles. The molecule has 0 aliphatic carbocycles. The molecule has 1 fully saturated rings. The molecular weight excluding hydrogens is 430 g/mol. The van der Waals surface area contributed by atoms with E-state index in [0.717, 1.165) is 48.8 Å². The van der Waals surface area contributed by atoms with Gasteiger partial charge in [0.05, 0.1) is 15.9 Å². The molecule has 0 unspecified atom stereocenters. The number of H-pyrrole nitrogens is 1. The number of aromatic amines is 1. The summed E-state index contributed by atoms with van der Waals surface area (Å²) in [5.41, 5.74) is 8.03. The molecule has 0 bridgehead atoms. The van der Waals surface area contributed by atoms with Crippen molar-refractivity contribution in [2.24, 2.45) is 0 Å². The monoisotopic (exact) mass is 457 g/mol. The number of aromatic nitrogens is 5. The van der Waals surface area contributed by atoms with Gasteiger partial charge in [-0.2, -0.15) is 5.10 Å². The molecule has 168 valence electrons. The van der Waals surface area contributed by atoms with Crippen molar-refractivity contribution in [2.75, 3.05) is 31.1 Å². The fourth-order valence-corrected chi connectivity index (χ4v) is 6.07. The summed E-state index contributed by atoms with van der Waals surface area (Å²) in [5, 5.41) is 7.75. The lowest BCUT2D eigenvalue weighted by Gasteiger charge is -2.28. The number of anilines is 1. The molecule has 0 amide bonds. The van der Waals surface area contributed by atoms with Crippen molar-refractivity contribution >= 4 is 33.0 Å². The molecule has 8 heteroatoms. The molecule has 5 aromatic rings. The van der Waals surface area contributed by atoms with Crippen molar-refractivity contribution in [3.05, 3.63) is 54.1 Å². The number of hydrogen-bond donors (Lipinski definition) is 2. The van der Waals surface area contributed by atoms with Crippen LogP contribution in [0.25, 0.3) is 37.6 Å². The third-order valence-corrected chi connectivity index (χ3v) is 7.62. The van der Waals surface area contributed by atoms with E-state index in [-0.39, 0.29) is 0 Å². The summed E-state index contributed by atoms with van der Waals surface area (Å²) in [4.78, 5) is 16.4. The van der Waals surface area contributed by atoms with Crippen molar-refractivity contribution < 1.29 is 0 Å². The number of thiophene rings is 1. The van der Waals surface area contributed by atoms with E-state index in [1.165, 1.54) is 31.9 Å². The van der Waals surface area contributed by atoms with Crippen molar-refractivity contribution in [3.8, 4) is 21.7 Å². The summed E-state index contributed by atoms with van der Waals surface area (Å²) in [6, 6.07) is 8.81. The van der Waals surface area contributed by atoms with E-state index in [4.69, 9.17) is 4.98 Å². The van der Waals surface area contributed by atoms with E-state index >= 15 is 0 Å². The van der Waals surface area contributed by atoms with Gasteiger partial charge < -0.3 is 15.2 Å². The SMILES string of the molecule is Cc1cc(-c2[nH]c3cc(-c4ccc(N5CCNCC5)nc4)sc3c2C(C)C)cn2ncnc12. The van der Waals surface area contributed by atoms with E-state index < -0.39 is 0 Å². The van der Waals surface area contributed by atoms with Crippen LogP contribution in [0.3, 0.4) is 0 Å². The lowest BCUT2D eigenvalue weighted by molar-refractivity contribution is 0.585. The van der Waals surface area contributed by atoms with Crippen LogP contribution >= 0.6 is 11.3 Å². The highest BCUT2D eigenvalue weighted by Gasteiger charge is 2.20. The van der Waals surface area contributed by atoms with Crippen molar-refractivity contribution in [2.45, 2.75) is 26.7 Å². The third kappa shape index (κ3) is 3.50. The summed E-state index contributed by atoms with van der Waals surface area (Å²) < 4.78 is 3.18. The van der Waals surface area contributed by atoms with Crippen LogP contribution in [0.2, 0.25) is 0 Å². The van der Waals surface area contributed by atoms with Gasteiger partial charge in [0.2, 0.25) is 0 Å². The molecule has 7 nitrogen and oxygen atoms in total. The molecule has 6 rings (SSSR count). The Morgan fingerprint density at radius 1 is 1.06 bits per heavy atom. The van der Waals surface area contributed by atoms with Crippen LogP contribution in [-0.2, 0) is 0 Å². The first kappa shape index (κ1) is 20.4. The predicted octanol–water partition coefficient (Wildman–Crippen LogP) is 4.84. The topological polar surface area (TPSA) is 74.1 Å². The standard InChI is InChI=1S/C25H27N7S/c1-15(2)22-23(18-10-16(3)25-28-14-29-32(25)13-18)30-19-11-20(33-24(19)22)17-4-5-21(27-12-17)31-8-6-26-7-9-31/h4-5,10-15,26,30H,6-9H2,1-3H3. The van der Waals surface area contributed by atoms with Gasteiger partial charge in [0.15, 0.2) is 5.65 Å². The Bertz CT molecular complexity index is 1440. The molecule has 0 spiro atoms. The average Bonchev–Trinajstić information content (AvgIpc) is 3.54. The molecule has 1 aliphatic rings. The average molecular weight is 458 g/mol. The molecular formula is C25H27N7S. The fourth-order valence-electron chi connectivity index (χ4n) is 4.76. The van der Waals surface area contributed by atoms with Gasteiger partial charge in [-0.25, -0.2) is 14.5 Å². The van der Waals surface area contributed by atoms with E-state index in [9.17, 15) is 0 Å². The highest BCUT2D eigenvalue weighted by atomic mass is 32.1. The maximum absolute atomic E-state index is 4.77. The molecule has 1 aliphatic heterocycles. The summed E-state index contributed by atoms with van der Waals surface area (Å²) >= 11 is 1.84. The lowest BCUT2D eigenvalue weighted by Crippen LogP contribution is -2.43. The molecule has 0 radical (unpaired) electrons. The van der Waals surface area contributed by atoms with Crippen LogP contribution in [-0.4, -0.2) is 50.7 Å². The van der Waals surface area contributed by atoms with Gasteiger partial charge in [0.1, 0.15) is 12.1 Å². The molecule has 0 atom stereocenters. The van der Waals surface area contributed by atoms with Gasteiger partial charge in [-0.1, -0.05) is 13.8 Å². The minimum Gasteiger partial charge on any atom is -0.354 e. The number of fused-ring (bicyclic) bond motifs is 2. The Morgan fingerprint density at radius 3 is 2.67 bits per heavy atom. The lowest BCUT2D eigenvalue weighted by atomic mass is 9.99. The van der Waals surface area contributed by atoms with Crippen LogP contribution in [0.15, 0.2) is 43.0 Å². The summed E-state index contributed by atoms with van der Waals surface area (Å²) in [7, 11) is 0. The van der Waals surface area contributed by atoms with E-state index in [2.05, 4.69) is 76.5 Å². The molecule has 0 saturated carbocycles. The van der Waals surface area contributed by atoms with Gasteiger partial charge in [-0.05, 0) is 48.2 Å². The number of rotatable bonds is 4. The van der Waals surface area contributed by atoms with Gasteiger partial charge in [0, 0.05) is 54.6 Å². The minimum absolute atomic E-state index is 0.389. The summed E-state index contributed by atoms with van der Waals surface area (Å²) in [6.07, 6.45) is 5.69. The zero-order valence-corrected chi connectivity index (χ0v) is 19.9. The highest BCUT2D eigenvalue weighted by molar-refractivity contribution is 7.22. The van der Waals surface area contributed by atoms with Crippen LogP contribution in [0.1, 0.15) is 30.9 Å². The fraction of sp³-hybridized carbons (Fsp3) is 0.320. The first-order valence-corrected chi connectivity index (χ1v) is 12.3. The number of nitrogens with one attached hydrogen (secondary N) is 2. The Labute approximate surface area is 196 Å². The number of pyridine rings is 2. The van der Waals surface area contributed by atoms with E-state index in [1.807, 2.05) is 22.0 Å². The van der Waals surface area contributed by atoms with Gasteiger partial charge in [-0.15, -0.1) is 11.3 Å². The maximum Gasteiger partial charge on any atom is 0.158 e. The van der Waals surface area contributed by atoms with Crippen LogP contribution in [0.4, 0.5) is 5.82 Å². The van der Waals surface area contributed by atoms with Crippen molar-refractivity contribution in [3.63, 3.8) is 0 Å². The molecule has 6 heterocycles. The van der Waals surface area contributed by atoms with Crippen molar-refractivity contribution in [1.82, 2.24) is 29.9 Å². The highest BCUT2D eigenvalue weighted by Crippen LogP contribution is 2.42. The van der Waals surface area contributed by atoms with Gasteiger partial charge in [0.25, 0.3) is 0 Å². The summed E-state index contributed by atoms with van der Waals surface area (Å²) in [5.74, 6) is 1.45. The minimum atomic E-state index is 0.389. The van der Waals surface area contributed by atoms with Gasteiger partial charge >= 0.3 is 0 Å². The predicted molar refractivity (Wildman–Crippen MR) is 135 cm³/mol. The third-order valence-electron chi connectivity index (χ3n) is 6.40. The zero-order valence-electron chi connectivity index (χ0n) is 19.1. The van der Waals surface area contributed by atoms with Crippen LogP contribution in [0.5, 0.6) is 0 Å². The molecule has 1 saturated heterocycles.